The van der Waals surface area contributed by atoms with Gasteiger partial charge in [-0.05, 0) is 67.6 Å². The lowest BCUT2D eigenvalue weighted by molar-refractivity contribution is 0.0730. The lowest BCUT2D eigenvalue weighted by atomic mass is 10.0. The summed E-state index contributed by atoms with van der Waals surface area (Å²) in [6.45, 7) is 5.60. The third kappa shape index (κ3) is 6.27. The van der Waals surface area contributed by atoms with Gasteiger partial charge in [-0.3, -0.25) is 4.79 Å². The van der Waals surface area contributed by atoms with Crippen molar-refractivity contribution in [1.82, 2.24) is 20.0 Å². The normalized spacial score (nSPS) is 19.5. The summed E-state index contributed by atoms with van der Waals surface area (Å²) >= 11 is 0. The van der Waals surface area contributed by atoms with Crippen LogP contribution in [0.2, 0.25) is 0 Å². The highest BCUT2D eigenvalue weighted by molar-refractivity contribution is 5.95. The Hall–Kier alpha value is -3.04. The van der Waals surface area contributed by atoms with Crippen molar-refractivity contribution in [3.8, 4) is 11.1 Å². The summed E-state index contributed by atoms with van der Waals surface area (Å²) in [4.78, 5) is 31.4. The number of hydrogen-bond donors (Lipinski definition) is 1. The highest BCUT2D eigenvalue weighted by Crippen LogP contribution is 2.26. The van der Waals surface area contributed by atoms with E-state index in [1.165, 1.54) is 23.1 Å². The molecule has 2 fully saturated rings. The zero-order chi connectivity index (χ0) is 26.5. The van der Waals surface area contributed by atoms with Crippen LogP contribution in [-0.4, -0.2) is 92.2 Å². The van der Waals surface area contributed by atoms with Gasteiger partial charge in [0.1, 0.15) is 11.6 Å². The molecule has 0 radical (unpaired) electrons. The van der Waals surface area contributed by atoms with Crippen molar-refractivity contribution < 1.29 is 23.1 Å². The summed E-state index contributed by atoms with van der Waals surface area (Å²) in [5.74, 6) is -1.44. The van der Waals surface area contributed by atoms with Gasteiger partial charge in [-0.1, -0.05) is 18.2 Å². The summed E-state index contributed by atoms with van der Waals surface area (Å²) in [5, 5.41) is 3.48. The maximum Gasteiger partial charge on any atom is 0.320 e. The smallest absolute Gasteiger partial charge is 0.320 e. The van der Waals surface area contributed by atoms with E-state index in [-0.39, 0.29) is 29.5 Å². The maximum atomic E-state index is 15.0. The zero-order valence-corrected chi connectivity index (χ0v) is 21.8. The fourth-order valence-corrected chi connectivity index (χ4v) is 5.05. The first kappa shape index (κ1) is 27.0. The predicted molar refractivity (Wildman–Crippen MR) is 138 cm³/mol. The van der Waals surface area contributed by atoms with Crippen molar-refractivity contribution in [2.75, 3.05) is 53.5 Å². The second-order valence-corrected chi connectivity index (χ2v) is 9.98. The number of halogens is 2. The highest BCUT2D eigenvalue weighted by atomic mass is 19.1. The number of amides is 3. The van der Waals surface area contributed by atoms with Gasteiger partial charge >= 0.3 is 6.03 Å². The Morgan fingerprint density at radius 1 is 1.03 bits per heavy atom. The quantitative estimate of drug-likeness (QED) is 0.543. The van der Waals surface area contributed by atoms with Gasteiger partial charge in [0.05, 0.1) is 11.6 Å². The van der Waals surface area contributed by atoms with Gasteiger partial charge in [-0.15, -0.1) is 0 Å². The molecule has 2 aliphatic rings. The first-order valence-electron chi connectivity index (χ1n) is 12.9. The van der Waals surface area contributed by atoms with E-state index in [1.54, 1.807) is 44.2 Å². The minimum absolute atomic E-state index is 0.00889. The van der Waals surface area contributed by atoms with Gasteiger partial charge in [0.25, 0.3) is 5.91 Å². The summed E-state index contributed by atoms with van der Waals surface area (Å²) < 4.78 is 34.0. The van der Waals surface area contributed by atoms with E-state index >= 15 is 0 Å². The molecular weight excluding hydrogens is 478 g/mol. The van der Waals surface area contributed by atoms with Crippen molar-refractivity contribution in [2.24, 2.45) is 0 Å². The molecule has 37 heavy (non-hydrogen) atoms. The Balaban J connectivity index is 1.32. The lowest BCUT2D eigenvalue weighted by Crippen LogP contribution is -2.45. The molecule has 4 rings (SSSR count). The van der Waals surface area contributed by atoms with E-state index in [0.717, 1.165) is 19.4 Å². The number of carbonyl (C=O) groups is 2. The van der Waals surface area contributed by atoms with Crippen molar-refractivity contribution in [3.05, 3.63) is 59.2 Å². The van der Waals surface area contributed by atoms with Crippen molar-refractivity contribution in [1.29, 1.82) is 0 Å². The number of nitrogens with one attached hydrogen (secondary N) is 1. The summed E-state index contributed by atoms with van der Waals surface area (Å²) in [6, 6.07) is 9.17. The number of carbonyl (C=O) groups excluding carboxylic acids is 2. The van der Waals surface area contributed by atoms with E-state index in [2.05, 4.69) is 5.32 Å². The van der Waals surface area contributed by atoms with Crippen molar-refractivity contribution in [2.45, 2.75) is 38.3 Å². The van der Waals surface area contributed by atoms with E-state index in [0.29, 0.717) is 55.9 Å². The first-order chi connectivity index (χ1) is 17.8. The number of benzene rings is 2. The lowest BCUT2D eigenvalue weighted by Gasteiger charge is -2.27. The molecule has 0 bridgehead atoms. The van der Waals surface area contributed by atoms with E-state index in [4.69, 9.17) is 4.74 Å². The number of ether oxygens (including phenoxy) is 1. The summed E-state index contributed by atoms with van der Waals surface area (Å²) in [6.07, 6.45) is 2.49. The molecule has 0 saturated carbocycles. The monoisotopic (exact) mass is 514 g/mol. The molecule has 3 amide bonds. The van der Waals surface area contributed by atoms with E-state index in [1.807, 2.05) is 4.90 Å². The molecule has 2 saturated heterocycles. The molecule has 200 valence electrons. The summed E-state index contributed by atoms with van der Waals surface area (Å²) in [5.41, 5.74) is 1.53. The van der Waals surface area contributed by atoms with Gasteiger partial charge < -0.3 is 24.8 Å². The Kier molecular flexibility index (Phi) is 8.76. The molecule has 1 N–H and O–H groups in total. The first-order valence-corrected chi connectivity index (χ1v) is 12.9. The Morgan fingerprint density at radius 2 is 1.70 bits per heavy atom. The van der Waals surface area contributed by atoms with Gasteiger partial charge in [-0.25, -0.2) is 13.6 Å². The average Bonchev–Trinajstić information content (AvgIpc) is 3.57. The highest BCUT2D eigenvalue weighted by Gasteiger charge is 2.36. The van der Waals surface area contributed by atoms with Crippen LogP contribution in [0.25, 0.3) is 11.1 Å². The van der Waals surface area contributed by atoms with Crippen molar-refractivity contribution >= 4 is 11.9 Å². The molecular formula is C28H36F2N4O3. The minimum atomic E-state index is -0.651. The number of urea groups is 1. The van der Waals surface area contributed by atoms with Crippen LogP contribution < -0.4 is 5.32 Å². The van der Waals surface area contributed by atoms with Crippen LogP contribution in [0.5, 0.6) is 0 Å². The van der Waals surface area contributed by atoms with Gasteiger partial charge in [0.15, 0.2) is 0 Å². The van der Waals surface area contributed by atoms with Crippen LogP contribution in [0.4, 0.5) is 13.6 Å². The van der Waals surface area contributed by atoms with Crippen LogP contribution in [-0.2, 0) is 4.74 Å². The van der Waals surface area contributed by atoms with Gasteiger partial charge in [-0.2, -0.15) is 0 Å². The van der Waals surface area contributed by atoms with Crippen LogP contribution >= 0.6 is 0 Å². The number of rotatable bonds is 8. The largest absolute Gasteiger partial charge is 0.385 e. The average molecular weight is 515 g/mol. The fraction of sp³-hybridized carbons (Fsp3) is 0.500. The number of methoxy groups -OCH3 is 1. The molecule has 0 aliphatic carbocycles. The minimum Gasteiger partial charge on any atom is -0.385 e. The second-order valence-electron chi connectivity index (χ2n) is 9.98. The molecule has 2 atom stereocenters. The molecule has 2 heterocycles. The molecule has 0 spiro atoms. The van der Waals surface area contributed by atoms with E-state index < -0.39 is 11.7 Å². The Bertz CT molecular complexity index is 1130. The molecule has 0 unspecified atom stereocenters. The topological polar surface area (TPSA) is 65.1 Å². The van der Waals surface area contributed by atoms with Crippen LogP contribution in [0.15, 0.2) is 36.4 Å². The number of likely N-dealkylation sites (tertiary alicyclic amines) is 2. The number of nitrogens with zero attached hydrogens (tertiary/aromatic N) is 3. The van der Waals surface area contributed by atoms with Gasteiger partial charge in [0, 0.05) is 53.0 Å². The molecule has 2 aromatic rings. The third-order valence-electron chi connectivity index (χ3n) is 7.42. The summed E-state index contributed by atoms with van der Waals surface area (Å²) in [7, 11) is 3.34. The number of likely N-dealkylation sites (N-methyl/N-ethyl adjacent to an activating group) is 1. The van der Waals surface area contributed by atoms with Crippen LogP contribution in [0.1, 0.15) is 35.2 Å². The molecule has 7 nitrogen and oxygen atoms in total. The van der Waals surface area contributed by atoms with Gasteiger partial charge in [0.2, 0.25) is 0 Å². The van der Waals surface area contributed by atoms with Crippen LogP contribution in [0.3, 0.4) is 0 Å². The number of aryl methyl sites for hydroxylation is 1. The standard InChI is InChI=1S/C28H36F2N4O3/c1-19-5-6-20(15-25(19)29)21-7-8-24(26(30)16-21)27(35)32(2)23-10-13-34(18-23)28(36)33-12-9-22(17-33)31-11-4-14-37-3/h5-8,15-16,22-23,31H,4,9-14,17-18H2,1-3H3/t22-,23+/m1/s1. The third-order valence-corrected chi connectivity index (χ3v) is 7.42. The predicted octanol–water partition coefficient (Wildman–Crippen LogP) is 3.91. The molecule has 2 aromatic carbocycles. The molecule has 0 aromatic heterocycles. The SMILES string of the molecule is COCCCN[C@@H]1CCN(C(=O)N2CC[C@H](N(C)C(=O)c3ccc(-c4ccc(C)c(F)c4)cc3F)C2)C1. The molecule has 2 aliphatic heterocycles. The van der Waals surface area contributed by atoms with Crippen LogP contribution in [0, 0.1) is 18.6 Å². The Labute approximate surface area is 217 Å². The maximum absolute atomic E-state index is 15.0. The fourth-order valence-electron chi connectivity index (χ4n) is 5.05. The Morgan fingerprint density at radius 3 is 2.41 bits per heavy atom. The zero-order valence-electron chi connectivity index (χ0n) is 21.8. The second kappa shape index (κ2) is 12.0. The number of hydrogen-bond acceptors (Lipinski definition) is 4. The van der Waals surface area contributed by atoms with Crippen molar-refractivity contribution in [3.63, 3.8) is 0 Å². The van der Waals surface area contributed by atoms with E-state index in [9.17, 15) is 18.4 Å². The molecule has 9 heteroatoms.